The van der Waals surface area contributed by atoms with Crippen molar-refractivity contribution >= 4 is 0 Å². The summed E-state index contributed by atoms with van der Waals surface area (Å²) in [5, 5.41) is 11.0. The van der Waals surface area contributed by atoms with Gasteiger partial charge < -0.3 is 9.84 Å². The molecule has 1 saturated heterocycles. The second kappa shape index (κ2) is 9.46. The van der Waals surface area contributed by atoms with Crippen LogP contribution in [0.5, 0.6) is 5.75 Å². The van der Waals surface area contributed by atoms with Gasteiger partial charge in [0.1, 0.15) is 12.4 Å². The lowest BCUT2D eigenvalue weighted by Crippen LogP contribution is -2.42. The Morgan fingerprint density at radius 1 is 1.17 bits per heavy atom. The number of pyridine rings is 1. The van der Waals surface area contributed by atoms with Crippen molar-refractivity contribution in [2.45, 2.75) is 51.8 Å². The van der Waals surface area contributed by atoms with Gasteiger partial charge in [0.25, 0.3) is 0 Å². The van der Waals surface area contributed by atoms with Crippen molar-refractivity contribution in [3.8, 4) is 5.75 Å². The van der Waals surface area contributed by atoms with Crippen molar-refractivity contribution in [2.75, 3.05) is 32.8 Å². The van der Waals surface area contributed by atoms with E-state index < -0.39 is 5.60 Å². The lowest BCUT2D eigenvalue weighted by Gasteiger charge is -2.38. The lowest BCUT2D eigenvalue weighted by atomic mass is 9.85. The van der Waals surface area contributed by atoms with Crippen LogP contribution in [-0.2, 0) is 18.7 Å². The Morgan fingerprint density at radius 2 is 2.00 bits per heavy atom. The number of piperidine rings is 1. The van der Waals surface area contributed by atoms with Gasteiger partial charge in [-0.05, 0) is 42.5 Å². The summed E-state index contributed by atoms with van der Waals surface area (Å²) in [7, 11) is 0. The number of nitrogens with zero attached hydrogens (tertiary/aromatic N) is 3. The van der Waals surface area contributed by atoms with E-state index in [0.717, 1.165) is 70.0 Å². The van der Waals surface area contributed by atoms with Crippen molar-refractivity contribution < 1.29 is 9.84 Å². The summed E-state index contributed by atoms with van der Waals surface area (Å²) < 4.78 is 6.02. The molecule has 2 aliphatic heterocycles. The standard InChI is InChI=1S/C25H35N3O2/c1-3-20(2)17-28-13-14-30-24-7-6-21(15-22(24)19-28)18-27-11-8-25(29,9-12-27)23-5-4-10-26-16-23/h4-7,10,15-16,20,29H,3,8-9,11-14,17-19H2,1-2H3. The first kappa shape index (κ1) is 21.3. The van der Waals surface area contributed by atoms with Gasteiger partial charge >= 0.3 is 0 Å². The van der Waals surface area contributed by atoms with Crippen molar-refractivity contribution in [3.05, 3.63) is 59.4 Å². The van der Waals surface area contributed by atoms with Gasteiger partial charge in [0, 0.05) is 62.8 Å². The van der Waals surface area contributed by atoms with Gasteiger partial charge in [-0.2, -0.15) is 0 Å². The molecule has 0 saturated carbocycles. The number of benzene rings is 1. The van der Waals surface area contributed by atoms with E-state index in [0.29, 0.717) is 5.92 Å². The maximum atomic E-state index is 11.0. The van der Waals surface area contributed by atoms with E-state index in [1.165, 1.54) is 17.5 Å². The average molecular weight is 410 g/mol. The van der Waals surface area contributed by atoms with Gasteiger partial charge in [-0.15, -0.1) is 0 Å². The summed E-state index contributed by atoms with van der Waals surface area (Å²) in [5.41, 5.74) is 2.82. The zero-order chi connectivity index (χ0) is 21.0. The largest absolute Gasteiger partial charge is 0.492 e. The molecule has 1 N–H and O–H groups in total. The molecule has 1 unspecified atom stereocenters. The first-order valence-electron chi connectivity index (χ1n) is 11.4. The van der Waals surface area contributed by atoms with E-state index in [1.54, 1.807) is 12.4 Å². The number of aromatic nitrogens is 1. The maximum Gasteiger partial charge on any atom is 0.123 e. The van der Waals surface area contributed by atoms with Crippen molar-refractivity contribution in [1.29, 1.82) is 0 Å². The second-order valence-electron chi connectivity index (χ2n) is 9.09. The van der Waals surface area contributed by atoms with E-state index in [4.69, 9.17) is 4.74 Å². The smallest absolute Gasteiger partial charge is 0.123 e. The normalized spacial score (nSPS) is 20.8. The van der Waals surface area contributed by atoms with Gasteiger partial charge in [-0.25, -0.2) is 0 Å². The van der Waals surface area contributed by atoms with E-state index in [2.05, 4.69) is 46.8 Å². The number of hydrogen-bond donors (Lipinski definition) is 1. The number of fused-ring (bicyclic) bond motifs is 1. The minimum Gasteiger partial charge on any atom is -0.492 e. The SMILES string of the molecule is CCC(C)CN1CCOc2ccc(CN3CCC(O)(c4cccnc4)CC3)cc2C1. The molecule has 2 aliphatic rings. The zero-order valence-electron chi connectivity index (χ0n) is 18.4. The zero-order valence-corrected chi connectivity index (χ0v) is 18.4. The molecular formula is C25H35N3O2. The molecule has 0 bridgehead atoms. The number of aliphatic hydroxyl groups is 1. The number of rotatable bonds is 6. The molecule has 0 spiro atoms. The molecule has 162 valence electrons. The fourth-order valence-electron chi connectivity index (χ4n) is 4.59. The van der Waals surface area contributed by atoms with Crippen LogP contribution in [0.1, 0.15) is 49.8 Å². The topological polar surface area (TPSA) is 48.8 Å². The van der Waals surface area contributed by atoms with Crippen LogP contribution in [-0.4, -0.2) is 52.7 Å². The summed E-state index contributed by atoms with van der Waals surface area (Å²) >= 11 is 0. The Kier molecular flexibility index (Phi) is 6.71. The Hall–Kier alpha value is -1.95. The van der Waals surface area contributed by atoms with Crippen LogP contribution >= 0.6 is 0 Å². The van der Waals surface area contributed by atoms with E-state index in [-0.39, 0.29) is 0 Å². The highest BCUT2D eigenvalue weighted by Gasteiger charge is 2.34. The lowest BCUT2D eigenvalue weighted by molar-refractivity contribution is -0.0279. The van der Waals surface area contributed by atoms with Gasteiger partial charge in [-0.3, -0.25) is 14.8 Å². The van der Waals surface area contributed by atoms with Crippen molar-refractivity contribution in [2.24, 2.45) is 5.92 Å². The van der Waals surface area contributed by atoms with Gasteiger partial charge in [0.05, 0.1) is 5.60 Å². The fraction of sp³-hybridized carbons (Fsp3) is 0.560. The van der Waals surface area contributed by atoms with E-state index >= 15 is 0 Å². The molecule has 1 atom stereocenters. The van der Waals surface area contributed by atoms with E-state index in [9.17, 15) is 5.11 Å². The Labute approximate surface area is 180 Å². The summed E-state index contributed by atoms with van der Waals surface area (Å²) in [4.78, 5) is 9.15. The van der Waals surface area contributed by atoms with Crippen LogP contribution in [0.4, 0.5) is 0 Å². The van der Waals surface area contributed by atoms with Gasteiger partial charge in [0.2, 0.25) is 0 Å². The third-order valence-corrected chi connectivity index (χ3v) is 6.74. The summed E-state index contributed by atoms with van der Waals surface area (Å²) in [6.45, 7) is 11.1. The Morgan fingerprint density at radius 3 is 2.73 bits per heavy atom. The fourth-order valence-corrected chi connectivity index (χ4v) is 4.59. The minimum atomic E-state index is -0.747. The molecule has 0 aliphatic carbocycles. The molecule has 30 heavy (non-hydrogen) atoms. The predicted molar refractivity (Wildman–Crippen MR) is 119 cm³/mol. The van der Waals surface area contributed by atoms with Crippen LogP contribution in [0.3, 0.4) is 0 Å². The highest BCUT2D eigenvalue weighted by molar-refractivity contribution is 5.38. The highest BCUT2D eigenvalue weighted by Crippen LogP contribution is 2.33. The second-order valence-corrected chi connectivity index (χ2v) is 9.09. The molecule has 2 aromatic rings. The molecule has 3 heterocycles. The third-order valence-electron chi connectivity index (χ3n) is 6.74. The first-order chi connectivity index (χ1) is 14.6. The molecule has 0 amide bonds. The van der Waals surface area contributed by atoms with Gasteiger partial charge in [-0.1, -0.05) is 32.4 Å². The Bertz CT molecular complexity index is 818. The summed E-state index contributed by atoms with van der Waals surface area (Å²) in [6.07, 6.45) is 6.26. The molecular weight excluding hydrogens is 374 g/mol. The van der Waals surface area contributed by atoms with Crippen LogP contribution < -0.4 is 4.74 Å². The molecule has 4 rings (SSSR count). The number of hydrogen-bond acceptors (Lipinski definition) is 5. The van der Waals surface area contributed by atoms with Crippen molar-refractivity contribution in [3.63, 3.8) is 0 Å². The summed E-state index contributed by atoms with van der Waals surface area (Å²) in [6, 6.07) is 10.6. The number of likely N-dealkylation sites (tertiary alicyclic amines) is 1. The third kappa shape index (κ3) is 5.02. The molecule has 1 aromatic heterocycles. The highest BCUT2D eigenvalue weighted by atomic mass is 16.5. The monoisotopic (exact) mass is 409 g/mol. The molecule has 5 nitrogen and oxygen atoms in total. The van der Waals surface area contributed by atoms with Crippen molar-refractivity contribution in [1.82, 2.24) is 14.8 Å². The Balaban J connectivity index is 1.38. The average Bonchev–Trinajstić information content (AvgIpc) is 2.97. The molecule has 5 heteroatoms. The predicted octanol–water partition coefficient (Wildman–Crippen LogP) is 3.81. The maximum absolute atomic E-state index is 11.0. The molecule has 1 aromatic carbocycles. The number of ether oxygens (including phenoxy) is 1. The van der Waals surface area contributed by atoms with Crippen LogP contribution in [0.15, 0.2) is 42.7 Å². The van der Waals surface area contributed by atoms with Crippen LogP contribution in [0.2, 0.25) is 0 Å². The summed E-state index contributed by atoms with van der Waals surface area (Å²) in [5.74, 6) is 1.75. The first-order valence-corrected chi connectivity index (χ1v) is 11.4. The van der Waals surface area contributed by atoms with Crippen LogP contribution in [0, 0.1) is 5.92 Å². The minimum absolute atomic E-state index is 0.710. The van der Waals surface area contributed by atoms with Crippen LogP contribution in [0.25, 0.3) is 0 Å². The molecule has 0 radical (unpaired) electrons. The quantitative estimate of drug-likeness (QED) is 0.786. The van der Waals surface area contributed by atoms with E-state index in [1.807, 2.05) is 12.1 Å². The molecule has 1 fully saturated rings. The van der Waals surface area contributed by atoms with Gasteiger partial charge in [0.15, 0.2) is 0 Å².